The van der Waals surface area contributed by atoms with E-state index in [4.69, 9.17) is 10.7 Å². The molecule has 1 saturated carbocycles. The third kappa shape index (κ3) is 3.76. The van der Waals surface area contributed by atoms with Crippen LogP contribution in [0.3, 0.4) is 0 Å². The van der Waals surface area contributed by atoms with E-state index in [1.807, 2.05) is 6.92 Å². The van der Waals surface area contributed by atoms with E-state index in [1.54, 1.807) is 15.9 Å². The van der Waals surface area contributed by atoms with E-state index in [-0.39, 0.29) is 28.7 Å². The van der Waals surface area contributed by atoms with E-state index >= 15 is 0 Å². The number of nitrogen functional groups attached to an aromatic ring is 1. The van der Waals surface area contributed by atoms with E-state index < -0.39 is 17.0 Å². The Balaban J connectivity index is 1.49. The number of H-pyrrole nitrogens is 1. The van der Waals surface area contributed by atoms with Gasteiger partial charge in [0, 0.05) is 17.5 Å². The van der Waals surface area contributed by atoms with E-state index in [1.165, 1.54) is 9.44 Å². The molecule has 5 rings (SSSR count). The number of anilines is 1. The third-order valence-electron chi connectivity index (χ3n) is 6.40. The predicted octanol–water partition coefficient (Wildman–Crippen LogP) is 2.34. The smallest absolute Gasteiger partial charge is 0.330 e. The second-order valence-corrected chi connectivity index (χ2v) is 10.8. The van der Waals surface area contributed by atoms with Crippen molar-refractivity contribution in [3.63, 3.8) is 0 Å². The number of rotatable bonds is 6. The van der Waals surface area contributed by atoms with Crippen molar-refractivity contribution in [2.24, 2.45) is 5.92 Å². The lowest BCUT2D eigenvalue weighted by atomic mass is 9.89. The molecular weight excluding hydrogens is 462 g/mol. The molecule has 0 saturated heterocycles. The summed E-state index contributed by atoms with van der Waals surface area (Å²) in [7, 11) is 0. The van der Waals surface area contributed by atoms with Crippen molar-refractivity contribution < 1.29 is 4.79 Å². The minimum absolute atomic E-state index is 0.0736. The number of nitrogens with zero attached hydrogens (tertiary/aromatic N) is 3. The second-order valence-electron chi connectivity index (χ2n) is 8.81. The molecule has 174 valence electrons. The number of hydrogen-bond acceptors (Lipinski definition) is 8. The number of hydrogen-bond donors (Lipinski definition) is 2. The molecule has 0 amide bonds. The first-order chi connectivity index (χ1) is 15.8. The van der Waals surface area contributed by atoms with Crippen molar-refractivity contribution in [2.45, 2.75) is 63.7 Å². The summed E-state index contributed by atoms with van der Waals surface area (Å²) in [6.45, 7) is 4.52. The number of aryl methyl sites for hydroxylation is 1. The topological polar surface area (TPSA) is 133 Å². The largest absolute Gasteiger partial charge is 0.384 e. The molecule has 3 aromatic heterocycles. The van der Waals surface area contributed by atoms with Crippen LogP contribution in [0.4, 0.5) is 5.82 Å². The molecule has 11 heteroatoms. The number of carbonyl (C=O) groups excluding carboxylic acids is 1. The van der Waals surface area contributed by atoms with Gasteiger partial charge in [-0.1, -0.05) is 18.7 Å². The molecule has 33 heavy (non-hydrogen) atoms. The van der Waals surface area contributed by atoms with Gasteiger partial charge in [-0.25, -0.2) is 9.78 Å². The molecule has 0 spiro atoms. The molecule has 0 aliphatic heterocycles. The fraction of sp³-hybridized carbons (Fsp3) is 0.500. The first-order valence-electron chi connectivity index (χ1n) is 11.2. The van der Waals surface area contributed by atoms with Crippen LogP contribution in [0.15, 0.2) is 19.5 Å². The highest BCUT2D eigenvalue weighted by atomic mass is 32.2. The molecule has 0 aromatic carbocycles. The third-order valence-corrected chi connectivity index (χ3v) is 8.53. The zero-order chi connectivity index (χ0) is 23.4. The van der Waals surface area contributed by atoms with Crippen LogP contribution >= 0.6 is 23.1 Å². The van der Waals surface area contributed by atoms with E-state index in [9.17, 15) is 19.2 Å². The maximum atomic E-state index is 13.3. The van der Waals surface area contributed by atoms with Gasteiger partial charge in [0.05, 0.1) is 11.1 Å². The van der Waals surface area contributed by atoms with Gasteiger partial charge >= 0.3 is 5.69 Å². The van der Waals surface area contributed by atoms with E-state index in [2.05, 4.69) is 11.9 Å². The molecule has 1 atom stereocenters. The predicted molar refractivity (Wildman–Crippen MR) is 130 cm³/mol. The first-order valence-corrected chi connectivity index (χ1v) is 13.0. The molecule has 3 N–H and O–H groups in total. The van der Waals surface area contributed by atoms with Gasteiger partial charge in [-0.15, -0.1) is 11.3 Å². The zero-order valence-corrected chi connectivity index (χ0v) is 20.1. The average molecular weight is 488 g/mol. The number of thiophene rings is 1. The molecule has 2 aliphatic rings. The van der Waals surface area contributed by atoms with Gasteiger partial charge in [-0.2, -0.15) is 0 Å². The molecule has 2 aliphatic carbocycles. The Kier molecular flexibility index (Phi) is 5.56. The Bertz CT molecular complexity index is 1460. The number of nitrogens with two attached hydrogens (primary N) is 1. The molecule has 0 bridgehead atoms. The first kappa shape index (κ1) is 22.1. The van der Waals surface area contributed by atoms with Crippen LogP contribution in [0.25, 0.3) is 10.2 Å². The Morgan fingerprint density at radius 3 is 2.73 bits per heavy atom. The van der Waals surface area contributed by atoms with Crippen molar-refractivity contribution in [1.82, 2.24) is 19.1 Å². The molecule has 0 radical (unpaired) electrons. The minimum Gasteiger partial charge on any atom is -0.384 e. The van der Waals surface area contributed by atoms with Crippen molar-refractivity contribution in [3.05, 3.63) is 47.2 Å². The summed E-state index contributed by atoms with van der Waals surface area (Å²) in [6.07, 6.45) is 4.49. The summed E-state index contributed by atoms with van der Waals surface area (Å²) in [4.78, 5) is 59.6. The average Bonchev–Trinajstić information content (AvgIpc) is 3.51. The fourth-order valence-electron chi connectivity index (χ4n) is 4.53. The normalized spacial score (nSPS) is 17.9. The number of aromatic amines is 1. The number of carbonyl (C=O) groups is 1. The highest BCUT2D eigenvalue weighted by Gasteiger charge is 2.30. The summed E-state index contributed by atoms with van der Waals surface area (Å²) in [5.41, 5.74) is 5.53. The lowest BCUT2D eigenvalue weighted by Crippen LogP contribution is -2.36. The lowest BCUT2D eigenvalue weighted by molar-refractivity contribution is 0.102. The number of fused-ring (bicyclic) bond motifs is 3. The fourth-order valence-corrected chi connectivity index (χ4v) is 6.89. The van der Waals surface area contributed by atoms with Crippen LogP contribution in [0.1, 0.15) is 60.0 Å². The Labute approximate surface area is 197 Å². The maximum Gasteiger partial charge on any atom is 0.330 e. The SMILES string of the molecule is CCn1c(SCC(=O)c2c(N)n(C3CC3)c(=O)[nH]c2=O)nc2sc3c(c2c1=O)CCC(C)C3. The van der Waals surface area contributed by atoms with Crippen LogP contribution in [-0.2, 0) is 19.4 Å². The second kappa shape index (κ2) is 8.28. The van der Waals surface area contributed by atoms with Crippen LogP contribution in [0.2, 0.25) is 0 Å². The number of thioether (sulfide) groups is 1. The van der Waals surface area contributed by atoms with Crippen molar-refractivity contribution in [1.29, 1.82) is 0 Å². The summed E-state index contributed by atoms with van der Waals surface area (Å²) < 4.78 is 2.88. The molecule has 3 heterocycles. The van der Waals surface area contributed by atoms with Gasteiger partial charge in [0.2, 0.25) is 0 Å². The summed E-state index contributed by atoms with van der Waals surface area (Å²) in [5.74, 6) is -0.110. The molecular formula is C22H25N5O4S2. The van der Waals surface area contributed by atoms with Gasteiger partial charge < -0.3 is 5.73 Å². The van der Waals surface area contributed by atoms with Crippen LogP contribution < -0.4 is 22.5 Å². The van der Waals surface area contributed by atoms with Crippen LogP contribution in [0.5, 0.6) is 0 Å². The van der Waals surface area contributed by atoms with Gasteiger partial charge in [-0.05, 0) is 50.5 Å². The number of ketones is 1. The summed E-state index contributed by atoms with van der Waals surface area (Å²) in [6, 6.07) is -0.0736. The van der Waals surface area contributed by atoms with Gasteiger partial charge in [0.25, 0.3) is 11.1 Å². The standard InChI is InChI=1S/C22H25N5O4S2/c1-3-26-20(30)15-12-7-4-10(2)8-14(12)33-19(15)25-22(26)32-9-13(28)16-17(23)27(11-5-6-11)21(31)24-18(16)29/h10-11H,3-9,23H2,1-2H3,(H,24,29,31). The summed E-state index contributed by atoms with van der Waals surface area (Å²) in [5, 5.41) is 1.15. The molecule has 1 unspecified atom stereocenters. The van der Waals surface area contributed by atoms with Crippen LogP contribution in [0, 0.1) is 5.92 Å². The highest BCUT2D eigenvalue weighted by molar-refractivity contribution is 7.99. The number of aromatic nitrogens is 4. The molecule has 1 fully saturated rings. The van der Waals surface area contributed by atoms with E-state index in [0.29, 0.717) is 27.8 Å². The van der Waals surface area contributed by atoms with Gasteiger partial charge in [-0.3, -0.25) is 28.5 Å². The van der Waals surface area contributed by atoms with Gasteiger partial charge in [0.15, 0.2) is 10.9 Å². The number of nitrogens with one attached hydrogen (secondary N) is 1. The summed E-state index contributed by atoms with van der Waals surface area (Å²) >= 11 is 2.68. The van der Waals surface area contributed by atoms with Crippen molar-refractivity contribution >= 4 is 44.9 Å². The van der Waals surface area contributed by atoms with Gasteiger partial charge in [0.1, 0.15) is 16.2 Å². The van der Waals surface area contributed by atoms with E-state index in [0.717, 1.165) is 49.4 Å². The van der Waals surface area contributed by atoms with Crippen molar-refractivity contribution in [2.75, 3.05) is 11.5 Å². The maximum absolute atomic E-state index is 13.3. The Hall–Kier alpha value is -2.66. The lowest BCUT2D eigenvalue weighted by Gasteiger charge is -2.17. The monoisotopic (exact) mass is 487 g/mol. The minimum atomic E-state index is -0.781. The molecule has 3 aromatic rings. The quantitative estimate of drug-likeness (QED) is 0.310. The highest BCUT2D eigenvalue weighted by Crippen LogP contribution is 2.37. The van der Waals surface area contributed by atoms with Crippen molar-refractivity contribution in [3.8, 4) is 0 Å². The Morgan fingerprint density at radius 2 is 2.03 bits per heavy atom. The Morgan fingerprint density at radius 1 is 1.27 bits per heavy atom. The number of Topliss-reactive ketones (excluding diaryl/α,β-unsaturated/α-hetero) is 1. The van der Waals surface area contributed by atoms with Crippen LogP contribution in [-0.4, -0.2) is 30.6 Å². The molecule has 9 nitrogen and oxygen atoms in total. The zero-order valence-electron chi connectivity index (χ0n) is 18.5.